The maximum Gasteiger partial charge on any atom is 0.251 e. The molecule has 2 rings (SSSR count). The second kappa shape index (κ2) is 7.41. The molecule has 114 valence electrons. The van der Waals surface area contributed by atoms with Gasteiger partial charge in [0.25, 0.3) is 5.91 Å². The van der Waals surface area contributed by atoms with Crippen LogP contribution in [0.5, 0.6) is 0 Å². The summed E-state index contributed by atoms with van der Waals surface area (Å²) < 4.78 is 0. The van der Waals surface area contributed by atoms with Gasteiger partial charge in [0.2, 0.25) is 5.91 Å². The summed E-state index contributed by atoms with van der Waals surface area (Å²) in [7, 11) is 1.74. The molecule has 0 saturated carbocycles. The second-order valence-electron chi connectivity index (χ2n) is 5.11. The third kappa shape index (κ3) is 3.95. The minimum absolute atomic E-state index is 0.0312. The molecule has 2 aromatic carbocycles. The molecular weight excluding hydrogens is 276 g/mol. The van der Waals surface area contributed by atoms with Crippen LogP contribution in [0.1, 0.15) is 22.3 Å². The average molecular weight is 296 g/mol. The van der Waals surface area contributed by atoms with Gasteiger partial charge in [-0.05, 0) is 30.7 Å². The van der Waals surface area contributed by atoms with Crippen LogP contribution in [0.4, 0.5) is 5.69 Å². The Labute approximate surface area is 130 Å². The zero-order chi connectivity index (χ0) is 15.9. The lowest BCUT2D eigenvalue weighted by Gasteiger charge is -2.17. The molecule has 4 nitrogen and oxygen atoms in total. The molecule has 0 spiro atoms. The van der Waals surface area contributed by atoms with E-state index in [1.165, 1.54) is 0 Å². The molecule has 0 aromatic heterocycles. The average Bonchev–Trinajstić information content (AvgIpc) is 2.55. The Morgan fingerprint density at radius 2 is 1.64 bits per heavy atom. The normalized spacial score (nSPS) is 10.1. The van der Waals surface area contributed by atoms with Crippen LogP contribution in [-0.2, 0) is 4.79 Å². The van der Waals surface area contributed by atoms with E-state index in [4.69, 9.17) is 0 Å². The van der Waals surface area contributed by atoms with Gasteiger partial charge >= 0.3 is 0 Å². The van der Waals surface area contributed by atoms with Gasteiger partial charge in [-0.15, -0.1) is 0 Å². The van der Waals surface area contributed by atoms with Crippen molar-refractivity contribution in [3.63, 3.8) is 0 Å². The number of aryl methyl sites for hydroxylation is 1. The lowest BCUT2D eigenvalue weighted by atomic mass is 10.1. The molecule has 2 amide bonds. The van der Waals surface area contributed by atoms with Crippen LogP contribution in [-0.4, -0.2) is 25.4 Å². The van der Waals surface area contributed by atoms with Crippen LogP contribution >= 0.6 is 0 Å². The van der Waals surface area contributed by atoms with Crippen molar-refractivity contribution in [3.05, 3.63) is 65.7 Å². The number of benzene rings is 2. The van der Waals surface area contributed by atoms with Crippen LogP contribution in [0.15, 0.2) is 54.6 Å². The van der Waals surface area contributed by atoms with Gasteiger partial charge in [-0.2, -0.15) is 0 Å². The van der Waals surface area contributed by atoms with Crippen molar-refractivity contribution in [2.45, 2.75) is 13.3 Å². The van der Waals surface area contributed by atoms with E-state index < -0.39 is 0 Å². The fourth-order valence-corrected chi connectivity index (χ4v) is 2.17. The van der Waals surface area contributed by atoms with Gasteiger partial charge in [0.05, 0.1) is 0 Å². The topological polar surface area (TPSA) is 49.4 Å². The van der Waals surface area contributed by atoms with E-state index in [1.807, 2.05) is 55.5 Å². The molecule has 4 heteroatoms. The van der Waals surface area contributed by atoms with Crippen LogP contribution in [0.3, 0.4) is 0 Å². The van der Waals surface area contributed by atoms with Crippen molar-refractivity contribution >= 4 is 17.5 Å². The molecule has 0 saturated heterocycles. The van der Waals surface area contributed by atoms with Gasteiger partial charge in [0.1, 0.15) is 0 Å². The van der Waals surface area contributed by atoms with E-state index in [2.05, 4.69) is 5.32 Å². The Morgan fingerprint density at radius 3 is 2.32 bits per heavy atom. The standard InChI is InChI=1S/C18H20N2O2/c1-14-8-6-7-11-16(14)18(22)19-13-12-17(21)20(2)15-9-4-3-5-10-15/h3-11H,12-13H2,1-2H3,(H,19,22). The van der Waals surface area contributed by atoms with E-state index in [0.29, 0.717) is 12.1 Å². The van der Waals surface area contributed by atoms with E-state index in [9.17, 15) is 9.59 Å². The molecular formula is C18H20N2O2. The molecule has 22 heavy (non-hydrogen) atoms. The smallest absolute Gasteiger partial charge is 0.251 e. The van der Waals surface area contributed by atoms with Crippen molar-refractivity contribution in [1.82, 2.24) is 5.32 Å². The number of para-hydroxylation sites is 1. The number of carbonyl (C=O) groups is 2. The van der Waals surface area contributed by atoms with Crippen molar-refractivity contribution in [1.29, 1.82) is 0 Å². The Hall–Kier alpha value is -2.62. The van der Waals surface area contributed by atoms with Crippen molar-refractivity contribution in [2.24, 2.45) is 0 Å². The quantitative estimate of drug-likeness (QED) is 0.922. The van der Waals surface area contributed by atoms with Gasteiger partial charge in [-0.1, -0.05) is 36.4 Å². The van der Waals surface area contributed by atoms with Crippen LogP contribution in [0.2, 0.25) is 0 Å². The van der Waals surface area contributed by atoms with Crippen LogP contribution < -0.4 is 10.2 Å². The predicted octanol–water partition coefficient (Wildman–Crippen LogP) is 2.78. The zero-order valence-corrected chi connectivity index (χ0v) is 12.9. The first-order chi connectivity index (χ1) is 10.6. The molecule has 0 radical (unpaired) electrons. The van der Waals surface area contributed by atoms with E-state index in [0.717, 1.165) is 11.3 Å². The SMILES string of the molecule is Cc1ccccc1C(=O)NCCC(=O)N(C)c1ccccc1. The van der Waals surface area contributed by atoms with Crippen molar-refractivity contribution in [2.75, 3.05) is 18.5 Å². The van der Waals surface area contributed by atoms with Gasteiger partial charge in [-0.3, -0.25) is 9.59 Å². The highest BCUT2D eigenvalue weighted by Gasteiger charge is 2.12. The van der Waals surface area contributed by atoms with Gasteiger partial charge in [0, 0.05) is 31.3 Å². The largest absolute Gasteiger partial charge is 0.352 e. The third-order valence-corrected chi connectivity index (χ3v) is 3.53. The van der Waals surface area contributed by atoms with Crippen molar-refractivity contribution in [3.8, 4) is 0 Å². The highest BCUT2D eigenvalue weighted by Crippen LogP contribution is 2.12. The monoisotopic (exact) mass is 296 g/mol. The molecule has 2 aromatic rings. The number of hydrogen-bond acceptors (Lipinski definition) is 2. The Kier molecular flexibility index (Phi) is 5.31. The molecule has 0 atom stereocenters. The number of nitrogens with one attached hydrogen (secondary N) is 1. The minimum atomic E-state index is -0.145. The first kappa shape index (κ1) is 15.8. The maximum absolute atomic E-state index is 12.1. The first-order valence-corrected chi connectivity index (χ1v) is 7.25. The lowest BCUT2D eigenvalue weighted by molar-refractivity contribution is -0.118. The highest BCUT2D eigenvalue weighted by molar-refractivity contribution is 5.96. The van der Waals surface area contributed by atoms with Gasteiger partial charge in [-0.25, -0.2) is 0 Å². The highest BCUT2D eigenvalue weighted by atomic mass is 16.2. The molecule has 0 heterocycles. The minimum Gasteiger partial charge on any atom is -0.352 e. The third-order valence-electron chi connectivity index (χ3n) is 3.53. The summed E-state index contributed by atoms with van der Waals surface area (Å²) in [6.07, 6.45) is 0.267. The number of hydrogen-bond donors (Lipinski definition) is 1. The van der Waals surface area contributed by atoms with E-state index >= 15 is 0 Å². The fourth-order valence-electron chi connectivity index (χ4n) is 2.17. The van der Waals surface area contributed by atoms with Crippen LogP contribution in [0.25, 0.3) is 0 Å². The Bertz CT molecular complexity index is 653. The molecule has 0 fully saturated rings. The van der Waals surface area contributed by atoms with Crippen molar-refractivity contribution < 1.29 is 9.59 Å². The summed E-state index contributed by atoms with van der Waals surface area (Å²) in [4.78, 5) is 25.8. The number of rotatable bonds is 5. The van der Waals surface area contributed by atoms with Gasteiger partial charge in [0.15, 0.2) is 0 Å². The summed E-state index contributed by atoms with van der Waals surface area (Å²) in [5, 5.41) is 2.79. The molecule has 0 aliphatic rings. The Balaban J connectivity index is 1.85. The summed E-state index contributed by atoms with van der Waals surface area (Å²) in [5.74, 6) is -0.176. The number of carbonyl (C=O) groups excluding carboxylic acids is 2. The molecule has 0 bridgehead atoms. The summed E-state index contributed by atoms with van der Waals surface area (Å²) in [5.41, 5.74) is 2.41. The molecule has 0 unspecified atom stereocenters. The molecule has 1 N–H and O–H groups in total. The Morgan fingerprint density at radius 1 is 1.00 bits per heavy atom. The van der Waals surface area contributed by atoms with E-state index in [-0.39, 0.29) is 18.2 Å². The van der Waals surface area contributed by atoms with Crippen LogP contribution in [0, 0.1) is 6.92 Å². The zero-order valence-electron chi connectivity index (χ0n) is 12.9. The summed E-state index contributed by atoms with van der Waals surface area (Å²) in [6.45, 7) is 2.21. The second-order valence-corrected chi connectivity index (χ2v) is 5.11. The fraction of sp³-hybridized carbons (Fsp3) is 0.222. The molecule has 0 aliphatic heterocycles. The van der Waals surface area contributed by atoms with E-state index in [1.54, 1.807) is 18.0 Å². The maximum atomic E-state index is 12.1. The molecule has 0 aliphatic carbocycles. The van der Waals surface area contributed by atoms with Gasteiger partial charge < -0.3 is 10.2 Å². The first-order valence-electron chi connectivity index (χ1n) is 7.25. The number of amides is 2. The predicted molar refractivity (Wildman–Crippen MR) is 88.0 cm³/mol. The lowest BCUT2D eigenvalue weighted by Crippen LogP contribution is -2.32. The number of anilines is 1. The summed E-state index contributed by atoms with van der Waals surface area (Å²) in [6, 6.07) is 16.8. The summed E-state index contributed by atoms with van der Waals surface area (Å²) >= 11 is 0. The number of nitrogens with zero attached hydrogens (tertiary/aromatic N) is 1.